The van der Waals surface area contributed by atoms with Crippen molar-refractivity contribution in [2.45, 2.75) is 64.5 Å². The van der Waals surface area contributed by atoms with Crippen molar-refractivity contribution in [1.29, 1.82) is 0 Å². The maximum absolute atomic E-state index is 13.4. The molecule has 0 saturated carbocycles. The summed E-state index contributed by atoms with van der Waals surface area (Å²) in [5, 5.41) is 0. The normalized spacial score (nSPS) is 12.1. The largest absolute Gasteiger partial charge is 0.462 e. The zero-order valence-corrected chi connectivity index (χ0v) is 24.2. The van der Waals surface area contributed by atoms with Gasteiger partial charge in [0.2, 0.25) is 5.91 Å². The number of amides is 1. The van der Waals surface area contributed by atoms with E-state index < -0.39 is 34.0 Å². The minimum Gasteiger partial charge on any atom is -0.462 e. The van der Waals surface area contributed by atoms with Gasteiger partial charge in [0.05, 0.1) is 0 Å². The van der Waals surface area contributed by atoms with Crippen LogP contribution in [0, 0.1) is 5.41 Å². The third-order valence-corrected chi connectivity index (χ3v) is 11.2. The van der Waals surface area contributed by atoms with E-state index in [9.17, 15) is 14.4 Å². The van der Waals surface area contributed by atoms with Crippen LogP contribution < -0.4 is 0 Å². The first-order valence-corrected chi connectivity index (χ1v) is 17.9. The first kappa shape index (κ1) is 32.2. The number of ether oxygens (including phenoxy) is 2. The van der Waals surface area contributed by atoms with E-state index >= 15 is 0 Å². The molecule has 0 aromatic carbocycles. The van der Waals surface area contributed by atoms with E-state index in [1.165, 1.54) is 0 Å². The second-order valence-corrected chi connectivity index (χ2v) is 19.0. The lowest BCUT2D eigenvalue weighted by molar-refractivity contribution is -0.151. The van der Waals surface area contributed by atoms with Crippen LogP contribution in [0.15, 0.2) is 25.3 Å². The molecule has 0 saturated heterocycles. The van der Waals surface area contributed by atoms with Crippen molar-refractivity contribution in [2.75, 3.05) is 40.5 Å². The smallest absolute Gasteiger partial charge is 0.330 e. The molecule has 1 amide bonds. The average molecular weight is 516 g/mol. The summed E-state index contributed by atoms with van der Waals surface area (Å²) in [5.74, 6) is -1.26. The highest BCUT2D eigenvalue weighted by Gasteiger charge is 2.33. The lowest BCUT2D eigenvalue weighted by Crippen LogP contribution is -2.41. The Bertz CT molecular complexity index is 649. The molecule has 0 aliphatic rings. The quantitative estimate of drug-likeness (QED) is 0.154. The van der Waals surface area contributed by atoms with Gasteiger partial charge in [0.25, 0.3) is 0 Å². The van der Waals surface area contributed by atoms with E-state index in [0.29, 0.717) is 13.1 Å². The summed E-state index contributed by atoms with van der Waals surface area (Å²) in [7, 11) is 0.0132. The second kappa shape index (κ2) is 15.3. The van der Waals surface area contributed by atoms with Crippen molar-refractivity contribution in [3.8, 4) is 0 Å². The van der Waals surface area contributed by atoms with Crippen LogP contribution in [0.25, 0.3) is 0 Å². The van der Waals surface area contributed by atoms with Gasteiger partial charge in [-0.25, -0.2) is 9.59 Å². The van der Waals surface area contributed by atoms with Crippen LogP contribution in [0.2, 0.25) is 38.3 Å². The van der Waals surface area contributed by atoms with Gasteiger partial charge >= 0.3 is 11.9 Å². The highest BCUT2D eigenvalue weighted by molar-refractivity contribution is 6.71. The lowest BCUT2D eigenvalue weighted by Gasteiger charge is -2.32. The highest BCUT2D eigenvalue weighted by atomic mass is 28.4. The zero-order valence-electron chi connectivity index (χ0n) is 22.2. The van der Waals surface area contributed by atoms with Crippen molar-refractivity contribution in [1.82, 2.24) is 4.90 Å². The van der Waals surface area contributed by atoms with Gasteiger partial charge < -0.3 is 23.2 Å². The molecule has 0 N–H and O–H groups in total. The minimum absolute atomic E-state index is 0.0675. The maximum atomic E-state index is 13.4. The third kappa shape index (κ3) is 13.8. The monoisotopic (exact) mass is 515 g/mol. The van der Waals surface area contributed by atoms with Crippen molar-refractivity contribution in [3.63, 3.8) is 0 Å². The van der Waals surface area contributed by atoms with Crippen LogP contribution in [0.4, 0.5) is 0 Å². The predicted octanol–water partition coefficient (Wildman–Crippen LogP) is 4.15. The number of esters is 2. The molecule has 0 unspecified atom stereocenters. The minimum atomic E-state index is -1.74. The average Bonchev–Trinajstić information content (AvgIpc) is 2.79. The summed E-state index contributed by atoms with van der Waals surface area (Å²) < 4.78 is 21.7. The number of carbonyl (C=O) groups is 3. The number of hydrogen-bond acceptors (Lipinski definition) is 7. The second-order valence-electron chi connectivity index (χ2n) is 10.1. The van der Waals surface area contributed by atoms with E-state index in [1.54, 1.807) is 21.1 Å². The van der Waals surface area contributed by atoms with E-state index in [2.05, 4.69) is 39.3 Å². The number of carbonyl (C=O) groups excluding carboxylic acids is 3. The molecule has 196 valence electrons. The SMILES string of the molecule is C=CC(=O)OCC(C)(COC(=O)C=C)CC(=O)N(CCC[Si](C)(C)OC)CCC[Si](C)(C)OC. The number of nitrogens with zero attached hydrogens (tertiary/aromatic N) is 1. The summed E-state index contributed by atoms with van der Waals surface area (Å²) in [4.78, 5) is 38.5. The molecule has 0 spiro atoms. The summed E-state index contributed by atoms with van der Waals surface area (Å²) in [6.45, 7) is 18.3. The topological polar surface area (TPSA) is 91.4 Å². The van der Waals surface area contributed by atoms with Gasteiger partial charge in [-0.2, -0.15) is 0 Å². The fourth-order valence-corrected chi connectivity index (χ4v) is 5.61. The predicted molar refractivity (Wildman–Crippen MR) is 139 cm³/mol. The van der Waals surface area contributed by atoms with Gasteiger partial charge in [-0.3, -0.25) is 4.79 Å². The first-order valence-electron chi connectivity index (χ1n) is 11.7. The number of rotatable bonds is 18. The Hall–Kier alpha value is -1.76. The Morgan fingerprint density at radius 2 is 1.21 bits per heavy atom. The zero-order chi connectivity index (χ0) is 26.4. The Balaban J connectivity index is 5.43. The van der Waals surface area contributed by atoms with Crippen molar-refractivity contribution in [2.24, 2.45) is 5.41 Å². The van der Waals surface area contributed by atoms with Crippen LogP contribution in [-0.2, 0) is 32.7 Å². The van der Waals surface area contributed by atoms with Gasteiger partial charge in [-0.15, -0.1) is 0 Å². The van der Waals surface area contributed by atoms with Gasteiger partial charge in [-0.05, 0) is 51.1 Å². The molecule has 0 aromatic heterocycles. The summed E-state index contributed by atoms with van der Waals surface area (Å²) in [6, 6.07) is 1.88. The molecule has 0 rings (SSSR count). The van der Waals surface area contributed by atoms with Crippen molar-refractivity contribution < 1.29 is 32.7 Å². The molecule has 0 atom stereocenters. The summed E-state index contributed by atoms with van der Waals surface area (Å²) in [6.07, 6.45) is 3.88. The molecular weight excluding hydrogens is 470 g/mol. The lowest BCUT2D eigenvalue weighted by atomic mass is 9.88. The fourth-order valence-electron chi connectivity index (χ4n) is 3.19. The molecule has 34 heavy (non-hydrogen) atoms. The Morgan fingerprint density at radius 1 is 0.824 bits per heavy atom. The van der Waals surface area contributed by atoms with Gasteiger partial charge in [0, 0.05) is 51.3 Å². The van der Waals surface area contributed by atoms with Crippen LogP contribution >= 0.6 is 0 Å². The molecular formula is C24H45NO7Si2. The molecule has 0 fully saturated rings. The number of hydrogen-bond donors (Lipinski definition) is 0. The van der Waals surface area contributed by atoms with E-state index in [0.717, 1.165) is 37.1 Å². The molecule has 0 heterocycles. The molecule has 0 aliphatic heterocycles. The molecule has 0 aromatic rings. The Kier molecular flexibility index (Phi) is 14.5. The molecule has 8 nitrogen and oxygen atoms in total. The fraction of sp³-hybridized carbons (Fsp3) is 0.708. The van der Waals surface area contributed by atoms with E-state index in [4.69, 9.17) is 18.3 Å². The molecule has 10 heteroatoms. The van der Waals surface area contributed by atoms with Crippen LogP contribution in [0.3, 0.4) is 0 Å². The van der Waals surface area contributed by atoms with Gasteiger partial charge in [0.15, 0.2) is 16.6 Å². The summed E-state index contributed by atoms with van der Waals surface area (Å²) in [5.41, 5.74) is -0.881. The van der Waals surface area contributed by atoms with Crippen LogP contribution in [0.5, 0.6) is 0 Å². The molecule has 0 aliphatic carbocycles. The van der Waals surface area contributed by atoms with E-state index in [1.807, 2.05) is 4.90 Å². The maximum Gasteiger partial charge on any atom is 0.330 e. The van der Waals surface area contributed by atoms with Crippen molar-refractivity contribution in [3.05, 3.63) is 25.3 Å². The van der Waals surface area contributed by atoms with Crippen LogP contribution in [-0.4, -0.2) is 79.9 Å². The van der Waals surface area contributed by atoms with Crippen molar-refractivity contribution >= 4 is 34.5 Å². The summed E-state index contributed by atoms with van der Waals surface area (Å²) >= 11 is 0. The Morgan fingerprint density at radius 3 is 1.53 bits per heavy atom. The molecule has 0 bridgehead atoms. The standard InChI is InChI=1S/C24H45NO7Si2/c1-10-22(27)31-19-24(3,20-32-23(28)11-2)18-21(26)25(14-12-16-33(6,7)29-4)15-13-17-34(8,9)30-5/h10-11H,1-2,12-20H2,3-9H3. The Labute approximate surface area is 207 Å². The van der Waals surface area contributed by atoms with Gasteiger partial charge in [-0.1, -0.05) is 20.1 Å². The highest BCUT2D eigenvalue weighted by Crippen LogP contribution is 2.25. The third-order valence-electron chi connectivity index (χ3n) is 5.91. The molecule has 0 radical (unpaired) electrons. The first-order chi connectivity index (χ1) is 15.7. The van der Waals surface area contributed by atoms with Crippen LogP contribution in [0.1, 0.15) is 26.2 Å². The van der Waals surface area contributed by atoms with E-state index in [-0.39, 0.29) is 25.5 Å². The van der Waals surface area contributed by atoms with Gasteiger partial charge in [0.1, 0.15) is 13.2 Å².